The highest BCUT2D eigenvalue weighted by atomic mass is 32.2. The summed E-state index contributed by atoms with van der Waals surface area (Å²) < 4.78 is 25.2. The van der Waals surface area contributed by atoms with Crippen LogP contribution in [0.4, 0.5) is 5.95 Å². The highest BCUT2D eigenvalue weighted by Crippen LogP contribution is 2.23. The molecule has 0 bridgehead atoms. The molecule has 0 aliphatic carbocycles. The third kappa shape index (κ3) is 3.34. The fraction of sp³-hybridized carbons (Fsp3) is 0.154. The molecule has 21 heavy (non-hydrogen) atoms. The molecule has 3 N–H and O–H groups in total. The van der Waals surface area contributed by atoms with Crippen LogP contribution in [-0.4, -0.2) is 19.3 Å². The van der Waals surface area contributed by atoms with Crippen molar-refractivity contribution in [3.8, 4) is 0 Å². The van der Waals surface area contributed by atoms with Crippen molar-refractivity contribution in [2.75, 3.05) is 5.73 Å². The number of hydrogen-bond acceptors (Lipinski definition) is 5. The van der Waals surface area contributed by atoms with Crippen LogP contribution in [0.1, 0.15) is 17.0 Å². The van der Waals surface area contributed by atoms with Crippen LogP contribution in [0.5, 0.6) is 0 Å². The van der Waals surface area contributed by atoms with Crippen LogP contribution in [0.3, 0.4) is 0 Å². The molecule has 110 valence electrons. The number of aromatic nitrogens is 2. The molecule has 0 saturated carbocycles. The molecule has 0 unspecified atom stereocenters. The predicted octanol–water partition coefficient (Wildman–Crippen LogP) is -0.409. The number of aryl methyl sites for hydroxylation is 2. The van der Waals surface area contributed by atoms with E-state index in [1.54, 1.807) is 12.1 Å². The van der Waals surface area contributed by atoms with Crippen LogP contribution >= 0.6 is 0 Å². The van der Waals surface area contributed by atoms with Gasteiger partial charge in [-0.05, 0) is 19.9 Å². The highest BCUT2D eigenvalue weighted by Gasteiger charge is 2.22. The summed E-state index contributed by atoms with van der Waals surface area (Å²) in [5, 5.41) is 10.9. The molecule has 0 radical (unpaired) electrons. The van der Waals surface area contributed by atoms with Gasteiger partial charge in [0.05, 0.1) is 10.6 Å². The lowest BCUT2D eigenvalue weighted by atomic mass is 10.2. The number of fused-ring (bicyclic) bond motifs is 1. The van der Waals surface area contributed by atoms with Gasteiger partial charge in [-0.25, -0.2) is 4.98 Å². The lowest BCUT2D eigenvalue weighted by Crippen LogP contribution is -2.16. The van der Waals surface area contributed by atoms with E-state index in [2.05, 4.69) is 14.4 Å². The maximum Gasteiger partial charge on any atom is 0.387 e. The Bertz CT molecular complexity index is 765. The van der Waals surface area contributed by atoms with Gasteiger partial charge in [0, 0.05) is 17.5 Å². The SMILES string of the molecule is Cc1cc(C)[nH+]c(N)n1.O=S1(=O)N=C([O-])c2ccccc21. The zero-order valence-corrected chi connectivity index (χ0v) is 12.3. The van der Waals surface area contributed by atoms with Crippen molar-refractivity contribution < 1.29 is 18.5 Å². The molecule has 1 aliphatic heterocycles. The van der Waals surface area contributed by atoms with Crippen molar-refractivity contribution >= 4 is 21.9 Å². The summed E-state index contributed by atoms with van der Waals surface area (Å²) in [5.41, 5.74) is 7.55. The summed E-state index contributed by atoms with van der Waals surface area (Å²) in [6.07, 6.45) is 0. The molecule has 1 aromatic carbocycles. The van der Waals surface area contributed by atoms with Crippen LogP contribution in [0, 0.1) is 13.8 Å². The second-order valence-electron chi connectivity index (χ2n) is 4.46. The third-order valence-corrected chi connectivity index (χ3v) is 3.96. The molecule has 0 spiro atoms. The van der Waals surface area contributed by atoms with Gasteiger partial charge in [-0.1, -0.05) is 23.2 Å². The number of hydrogen-bond donors (Lipinski definition) is 1. The van der Waals surface area contributed by atoms with E-state index in [9.17, 15) is 13.5 Å². The molecule has 0 amide bonds. The maximum absolute atomic E-state index is 11.1. The zero-order valence-electron chi connectivity index (χ0n) is 11.5. The average Bonchev–Trinajstić information content (AvgIpc) is 2.60. The molecular weight excluding hydrogens is 292 g/mol. The number of nitrogen functional groups attached to an aromatic ring is 1. The summed E-state index contributed by atoms with van der Waals surface area (Å²) in [4.78, 5) is 6.84. The molecular formula is C13H14N4O3S. The van der Waals surface area contributed by atoms with Crippen molar-refractivity contribution in [2.45, 2.75) is 18.7 Å². The molecule has 0 atom stereocenters. The number of nitrogens with zero attached hydrogens (tertiary/aromatic N) is 2. The van der Waals surface area contributed by atoms with Crippen molar-refractivity contribution in [1.82, 2.24) is 4.98 Å². The van der Waals surface area contributed by atoms with Crippen LogP contribution in [0.15, 0.2) is 39.6 Å². The van der Waals surface area contributed by atoms with E-state index < -0.39 is 15.9 Å². The molecule has 2 aromatic rings. The Kier molecular flexibility index (Phi) is 3.90. The number of aromatic amines is 1. The Morgan fingerprint density at radius 3 is 2.48 bits per heavy atom. The first-order chi connectivity index (χ1) is 9.79. The lowest BCUT2D eigenvalue weighted by Gasteiger charge is -2.01. The number of nitrogens with one attached hydrogen (secondary N) is 1. The minimum Gasteiger partial charge on any atom is -0.858 e. The summed E-state index contributed by atoms with van der Waals surface area (Å²) in [6.45, 7) is 3.86. The van der Waals surface area contributed by atoms with E-state index in [1.165, 1.54) is 12.1 Å². The third-order valence-electron chi connectivity index (χ3n) is 2.65. The molecule has 8 heteroatoms. The zero-order chi connectivity index (χ0) is 15.6. The monoisotopic (exact) mass is 306 g/mol. The van der Waals surface area contributed by atoms with Gasteiger partial charge in [0.1, 0.15) is 5.69 Å². The quantitative estimate of drug-likeness (QED) is 0.709. The molecule has 1 aromatic heterocycles. The van der Waals surface area contributed by atoms with Crippen molar-refractivity contribution in [1.29, 1.82) is 0 Å². The standard InChI is InChI=1S/C7H5NO3S.C6H9N3/c9-7-5-3-1-2-4-6(5)12(10,11)8-7;1-4-3-5(2)9-6(7)8-4/h1-4H,(H,8,9);3H,1-2H3,(H2,7,8,9). The number of rotatable bonds is 0. The normalized spacial score (nSPS) is 14.7. The summed E-state index contributed by atoms with van der Waals surface area (Å²) in [6, 6.07) is 7.93. The maximum atomic E-state index is 11.1. The van der Waals surface area contributed by atoms with E-state index in [0.29, 0.717) is 5.95 Å². The first-order valence-corrected chi connectivity index (χ1v) is 7.48. The number of H-pyrrole nitrogens is 1. The highest BCUT2D eigenvalue weighted by molar-refractivity contribution is 7.90. The van der Waals surface area contributed by atoms with E-state index in [4.69, 9.17) is 5.73 Å². The Hall–Kier alpha value is -2.48. The van der Waals surface area contributed by atoms with Crippen LogP contribution in [0.25, 0.3) is 0 Å². The van der Waals surface area contributed by atoms with E-state index in [0.717, 1.165) is 11.4 Å². The van der Waals surface area contributed by atoms with Crippen LogP contribution in [0.2, 0.25) is 0 Å². The van der Waals surface area contributed by atoms with Gasteiger partial charge < -0.3 is 5.11 Å². The minimum atomic E-state index is -3.68. The Morgan fingerprint density at radius 1 is 1.24 bits per heavy atom. The Balaban J connectivity index is 0.000000161. The second-order valence-corrected chi connectivity index (χ2v) is 6.03. The number of benzene rings is 1. The minimum absolute atomic E-state index is 0.00926. The molecule has 2 heterocycles. The first-order valence-electron chi connectivity index (χ1n) is 6.04. The predicted molar refractivity (Wildman–Crippen MR) is 74.8 cm³/mol. The summed E-state index contributed by atoms with van der Waals surface area (Å²) in [7, 11) is -3.68. The molecule has 0 saturated heterocycles. The van der Waals surface area contributed by atoms with Crippen molar-refractivity contribution in [3.63, 3.8) is 0 Å². The van der Waals surface area contributed by atoms with Crippen molar-refractivity contribution in [2.24, 2.45) is 4.40 Å². The topological polar surface area (TPSA) is 123 Å². The van der Waals surface area contributed by atoms with E-state index in [-0.39, 0.29) is 10.5 Å². The van der Waals surface area contributed by atoms with Gasteiger partial charge in [0.25, 0.3) is 10.0 Å². The molecule has 1 aliphatic rings. The smallest absolute Gasteiger partial charge is 0.387 e. The van der Waals surface area contributed by atoms with E-state index in [1.807, 2.05) is 19.9 Å². The van der Waals surface area contributed by atoms with Gasteiger partial charge in [-0.2, -0.15) is 12.8 Å². The number of nitrogens with two attached hydrogens (primary N) is 1. The van der Waals surface area contributed by atoms with Gasteiger partial charge in [0.15, 0.2) is 0 Å². The molecule has 7 nitrogen and oxygen atoms in total. The lowest BCUT2D eigenvalue weighted by molar-refractivity contribution is -0.374. The molecule has 3 rings (SSSR count). The van der Waals surface area contributed by atoms with E-state index >= 15 is 0 Å². The summed E-state index contributed by atoms with van der Waals surface area (Å²) in [5.74, 6) is -0.196. The van der Waals surface area contributed by atoms with Gasteiger partial charge in [-0.15, -0.1) is 0 Å². The number of sulfonamides is 1. The number of anilines is 1. The van der Waals surface area contributed by atoms with Gasteiger partial charge in [-0.3, -0.25) is 5.73 Å². The Labute approximate surface area is 122 Å². The fourth-order valence-electron chi connectivity index (χ4n) is 1.88. The average molecular weight is 306 g/mol. The van der Waals surface area contributed by atoms with Gasteiger partial charge in [0.2, 0.25) is 0 Å². The molecule has 0 fully saturated rings. The largest absolute Gasteiger partial charge is 0.858 e. The first kappa shape index (κ1) is 14.9. The van der Waals surface area contributed by atoms with Crippen LogP contribution in [-0.2, 0) is 10.0 Å². The van der Waals surface area contributed by atoms with Crippen LogP contribution < -0.4 is 15.8 Å². The fourth-order valence-corrected chi connectivity index (χ4v) is 2.98. The second kappa shape index (κ2) is 5.49. The van der Waals surface area contributed by atoms with Crippen molar-refractivity contribution in [3.05, 3.63) is 47.3 Å². The van der Waals surface area contributed by atoms with Gasteiger partial charge >= 0.3 is 5.95 Å². The Morgan fingerprint density at radius 2 is 1.90 bits per heavy atom. The summed E-state index contributed by atoms with van der Waals surface area (Å²) >= 11 is 0.